The van der Waals surface area contributed by atoms with Crippen molar-refractivity contribution in [2.24, 2.45) is 4.99 Å². The Hall–Kier alpha value is -4.42. The molecule has 0 radical (unpaired) electrons. The second kappa shape index (κ2) is 9.21. The normalized spacial score (nSPS) is 16.1. The molecule has 1 aliphatic rings. The lowest BCUT2D eigenvalue weighted by Gasteiger charge is -2.15. The van der Waals surface area contributed by atoms with Gasteiger partial charge in [-0.05, 0) is 48.5 Å². The van der Waals surface area contributed by atoms with Gasteiger partial charge in [-0.15, -0.1) is 0 Å². The van der Waals surface area contributed by atoms with Gasteiger partial charge in [0, 0.05) is 12.0 Å². The van der Waals surface area contributed by atoms with Crippen LogP contribution in [0.1, 0.15) is 6.42 Å². The predicted octanol–water partition coefficient (Wildman–Crippen LogP) is 4.62. The highest BCUT2D eigenvalue weighted by Crippen LogP contribution is 2.32. The van der Waals surface area contributed by atoms with Gasteiger partial charge in [0.25, 0.3) is 0 Å². The van der Waals surface area contributed by atoms with Crippen molar-refractivity contribution in [1.82, 2.24) is 10.3 Å². The number of nitrogens with one attached hydrogen (secondary N) is 1. The predicted molar refractivity (Wildman–Crippen MR) is 130 cm³/mol. The van der Waals surface area contributed by atoms with Crippen molar-refractivity contribution in [3.8, 4) is 17.6 Å². The number of amides is 2. The number of hydrogen-bond acceptors (Lipinski definition) is 7. The number of nitrogens with zero attached hydrogens (tertiary/aromatic N) is 4. The Balaban J connectivity index is 1.34. The van der Waals surface area contributed by atoms with Gasteiger partial charge in [-0.3, -0.25) is 14.9 Å². The number of aromatic nitrogens is 1. The lowest BCUT2D eigenvalue weighted by molar-refractivity contribution is -0.121. The number of para-hydroxylation sites is 3. The summed E-state index contributed by atoms with van der Waals surface area (Å²) in [5, 5.41) is 11.1. The number of fused-ring (bicyclic) bond motifs is 1. The Morgan fingerprint density at radius 2 is 1.79 bits per heavy atom. The van der Waals surface area contributed by atoms with E-state index in [1.54, 1.807) is 36.4 Å². The average molecular weight is 468 g/mol. The maximum atomic E-state index is 13.1. The van der Waals surface area contributed by atoms with E-state index in [4.69, 9.17) is 9.68 Å². The quantitative estimate of drug-likeness (QED) is 0.153. The number of thioether (sulfide) groups is 1. The SMILES string of the molecule is N#CNC(=Nc1ccccc1)S[C@H]1CC(=O)N(c2ccc(-c3nc4ccccc4o3)cc2)C1=O. The first-order chi connectivity index (χ1) is 16.6. The molecule has 1 saturated heterocycles. The maximum absolute atomic E-state index is 13.1. The molecule has 4 aromatic rings. The number of carbonyl (C=O) groups is 2. The molecule has 34 heavy (non-hydrogen) atoms. The van der Waals surface area contributed by atoms with Gasteiger partial charge in [-0.2, -0.15) is 5.26 Å². The third kappa shape index (κ3) is 4.27. The summed E-state index contributed by atoms with van der Waals surface area (Å²) in [7, 11) is 0. The molecule has 1 atom stereocenters. The minimum absolute atomic E-state index is 0.0112. The van der Waals surface area contributed by atoms with Crippen LogP contribution in [-0.2, 0) is 9.59 Å². The summed E-state index contributed by atoms with van der Waals surface area (Å²) >= 11 is 1.06. The number of hydrogen-bond donors (Lipinski definition) is 1. The fraction of sp³-hybridized carbons (Fsp3) is 0.0800. The van der Waals surface area contributed by atoms with Gasteiger partial charge in [-0.25, -0.2) is 14.9 Å². The molecule has 8 nitrogen and oxygen atoms in total. The van der Waals surface area contributed by atoms with Crippen molar-refractivity contribution in [3.63, 3.8) is 0 Å². The van der Waals surface area contributed by atoms with Gasteiger partial charge in [0.05, 0.1) is 11.4 Å². The van der Waals surface area contributed by atoms with Crippen molar-refractivity contribution in [2.45, 2.75) is 11.7 Å². The summed E-state index contributed by atoms with van der Waals surface area (Å²) in [6.07, 6.45) is 1.85. The Bertz CT molecular complexity index is 1410. The first-order valence-corrected chi connectivity index (χ1v) is 11.3. The monoisotopic (exact) mass is 467 g/mol. The van der Waals surface area contributed by atoms with Crippen LogP contribution in [0.4, 0.5) is 11.4 Å². The third-order valence-electron chi connectivity index (χ3n) is 5.18. The molecule has 3 aromatic carbocycles. The molecule has 0 unspecified atom stereocenters. The van der Waals surface area contributed by atoms with E-state index in [1.807, 2.05) is 48.7 Å². The molecule has 0 spiro atoms. The molecule has 0 aliphatic carbocycles. The van der Waals surface area contributed by atoms with Gasteiger partial charge >= 0.3 is 0 Å². The van der Waals surface area contributed by atoms with E-state index in [9.17, 15) is 9.59 Å². The van der Waals surface area contributed by atoms with Crippen molar-refractivity contribution in [2.75, 3.05) is 4.90 Å². The van der Waals surface area contributed by atoms with Gasteiger partial charge in [0.1, 0.15) is 10.8 Å². The molecular weight excluding hydrogens is 450 g/mol. The number of imide groups is 1. The lowest BCUT2D eigenvalue weighted by atomic mass is 10.2. The van der Waals surface area contributed by atoms with Crippen LogP contribution >= 0.6 is 11.8 Å². The summed E-state index contributed by atoms with van der Waals surface area (Å²) in [5.74, 6) is -0.206. The number of benzene rings is 3. The number of nitriles is 1. The molecule has 0 saturated carbocycles. The van der Waals surface area contributed by atoms with Crippen LogP contribution in [-0.4, -0.2) is 27.2 Å². The van der Waals surface area contributed by atoms with Crippen LogP contribution in [0.25, 0.3) is 22.6 Å². The fourth-order valence-electron chi connectivity index (χ4n) is 3.60. The van der Waals surface area contributed by atoms with Gasteiger partial charge in [0.2, 0.25) is 17.7 Å². The molecule has 1 N–H and O–H groups in total. The highest BCUT2D eigenvalue weighted by Gasteiger charge is 2.40. The Kier molecular flexibility index (Phi) is 5.81. The van der Waals surface area contributed by atoms with Crippen LogP contribution in [0.3, 0.4) is 0 Å². The summed E-state index contributed by atoms with van der Waals surface area (Å²) in [6.45, 7) is 0. The maximum Gasteiger partial charge on any atom is 0.247 e. The lowest BCUT2D eigenvalue weighted by Crippen LogP contribution is -2.32. The molecule has 166 valence electrons. The number of oxazole rings is 1. The van der Waals surface area contributed by atoms with Crippen LogP contribution in [0.5, 0.6) is 0 Å². The molecule has 0 bridgehead atoms. The molecule has 2 amide bonds. The number of aliphatic imine (C=N–C) groups is 1. The van der Waals surface area contributed by atoms with E-state index in [0.29, 0.717) is 22.8 Å². The Morgan fingerprint density at radius 3 is 2.53 bits per heavy atom. The first kappa shape index (κ1) is 21.4. The van der Waals surface area contributed by atoms with Crippen LogP contribution in [0.15, 0.2) is 88.3 Å². The second-order valence-electron chi connectivity index (χ2n) is 7.40. The highest BCUT2D eigenvalue weighted by atomic mass is 32.2. The highest BCUT2D eigenvalue weighted by molar-refractivity contribution is 8.15. The first-order valence-electron chi connectivity index (χ1n) is 10.4. The van der Waals surface area contributed by atoms with E-state index in [-0.39, 0.29) is 23.4 Å². The summed E-state index contributed by atoms with van der Waals surface area (Å²) < 4.78 is 5.79. The van der Waals surface area contributed by atoms with E-state index >= 15 is 0 Å². The largest absolute Gasteiger partial charge is 0.436 e. The number of rotatable bonds is 4. The molecule has 1 aliphatic heterocycles. The molecule has 5 rings (SSSR count). The van der Waals surface area contributed by atoms with Gasteiger partial charge < -0.3 is 4.42 Å². The van der Waals surface area contributed by atoms with Crippen molar-refractivity contribution in [3.05, 3.63) is 78.9 Å². The number of carbonyl (C=O) groups excluding carboxylic acids is 2. The summed E-state index contributed by atoms with van der Waals surface area (Å²) in [4.78, 5) is 35.8. The average Bonchev–Trinajstić information content (AvgIpc) is 3.40. The van der Waals surface area contributed by atoms with Gasteiger partial charge in [0.15, 0.2) is 16.9 Å². The zero-order valence-electron chi connectivity index (χ0n) is 17.7. The molecule has 1 aromatic heterocycles. The Morgan fingerprint density at radius 1 is 1.06 bits per heavy atom. The zero-order valence-corrected chi connectivity index (χ0v) is 18.5. The topological polar surface area (TPSA) is 112 Å². The smallest absolute Gasteiger partial charge is 0.247 e. The molecule has 1 fully saturated rings. The van der Waals surface area contributed by atoms with Crippen LogP contribution in [0, 0.1) is 11.5 Å². The molecule has 9 heteroatoms. The van der Waals surface area contributed by atoms with E-state index in [1.165, 1.54) is 4.90 Å². The third-order valence-corrected chi connectivity index (χ3v) is 6.24. The molecular formula is C25H17N5O3S. The van der Waals surface area contributed by atoms with E-state index < -0.39 is 5.25 Å². The summed E-state index contributed by atoms with van der Waals surface area (Å²) in [5.41, 5.74) is 3.28. The zero-order chi connectivity index (χ0) is 23.5. The van der Waals surface area contributed by atoms with Crippen molar-refractivity contribution < 1.29 is 14.0 Å². The van der Waals surface area contributed by atoms with Crippen LogP contribution in [0.2, 0.25) is 0 Å². The fourth-order valence-corrected chi connectivity index (χ4v) is 4.57. The molecule has 2 heterocycles. The van der Waals surface area contributed by atoms with Crippen LogP contribution < -0.4 is 10.2 Å². The standard InChI is InChI=1S/C25H17N5O3S/c26-15-27-25(28-17-6-2-1-3-7-17)34-21-14-22(31)30(24(21)32)18-12-10-16(11-13-18)23-29-19-8-4-5-9-20(19)33-23/h1-13,21H,14H2,(H,27,28)/t21-/m0/s1. The Labute approximate surface area is 198 Å². The minimum atomic E-state index is -0.687. The van der Waals surface area contributed by atoms with Crippen molar-refractivity contribution in [1.29, 1.82) is 5.26 Å². The van der Waals surface area contributed by atoms with E-state index in [2.05, 4.69) is 15.3 Å². The van der Waals surface area contributed by atoms with Gasteiger partial charge in [-0.1, -0.05) is 42.1 Å². The minimum Gasteiger partial charge on any atom is -0.436 e. The number of amidine groups is 1. The summed E-state index contributed by atoms with van der Waals surface area (Å²) in [6, 6.07) is 23.5. The van der Waals surface area contributed by atoms with E-state index in [0.717, 1.165) is 22.8 Å². The number of anilines is 1. The second-order valence-corrected chi connectivity index (χ2v) is 8.59. The van der Waals surface area contributed by atoms with Crippen molar-refractivity contribution >= 4 is 51.2 Å².